The maximum atomic E-state index is 9.91. The van der Waals surface area contributed by atoms with Gasteiger partial charge in [-0.25, -0.2) is 0 Å². The van der Waals surface area contributed by atoms with Gasteiger partial charge in [0.25, 0.3) is 0 Å². The Hall–Kier alpha value is -3.92. The number of H-pyrrole nitrogens is 1. The smallest absolute Gasteiger partial charge is 0.244 e. The Bertz CT molecular complexity index is 1200. The van der Waals surface area contributed by atoms with E-state index in [1.807, 2.05) is 18.2 Å². The number of benzene rings is 2. The molecule has 32 heavy (non-hydrogen) atoms. The first-order chi connectivity index (χ1) is 15.5. The molecule has 0 saturated carbocycles. The fourth-order valence-electron chi connectivity index (χ4n) is 4.11. The largest absolute Gasteiger partial charge is 0.493 e. The second-order valence-electron chi connectivity index (χ2n) is 8.15. The third kappa shape index (κ3) is 3.76. The number of nitrogens with one attached hydrogen (secondary N) is 1. The van der Waals surface area contributed by atoms with Crippen LogP contribution in [0.5, 0.6) is 17.4 Å². The second-order valence-corrected chi connectivity index (χ2v) is 8.15. The van der Waals surface area contributed by atoms with E-state index in [2.05, 4.69) is 54.4 Å². The van der Waals surface area contributed by atoms with Crippen molar-refractivity contribution in [1.29, 1.82) is 5.26 Å². The van der Waals surface area contributed by atoms with Crippen molar-refractivity contribution in [2.45, 2.75) is 26.2 Å². The zero-order chi connectivity index (χ0) is 22.8. The van der Waals surface area contributed by atoms with Crippen molar-refractivity contribution in [3.63, 3.8) is 0 Å². The summed E-state index contributed by atoms with van der Waals surface area (Å²) in [4.78, 5) is 0. The van der Waals surface area contributed by atoms with E-state index in [4.69, 9.17) is 19.9 Å². The molecule has 7 heteroatoms. The molecular formula is C25H26N4O3. The van der Waals surface area contributed by atoms with Crippen LogP contribution in [-0.2, 0) is 6.42 Å². The van der Waals surface area contributed by atoms with E-state index < -0.39 is 5.92 Å². The molecule has 0 saturated heterocycles. The molecule has 2 aromatic carbocycles. The first kappa shape index (κ1) is 21.3. The molecule has 1 aliphatic rings. The van der Waals surface area contributed by atoms with Gasteiger partial charge in [-0.3, -0.25) is 5.10 Å². The summed E-state index contributed by atoms with van der Waals surface area (Å²) in [5.41, 5.74) is 11.0. The van der Waals surface area contributed by atoms with Gasteiger partial charge in [-0.05, 0) is 35.6 Å². The number of aromatic nitrogens is 2. The van der Waals surface area contributed by atoms with Gasteiger partial charge >= 0.3 is 0 Å². The van der Waals surface area contributed by atoms with Gasteiger partial charge in [-0.15, -0.1) is 5.10 Å². The van der Waals surface area contributed by atoms with Crippen LogP contribution in [0.15, 0.2) is 53.9 Å². The number of rotatable bonds is 6. The molecule has 0 radical (unpaired) electrons. The zero-order valence-corrected chi connectivity index (χ0v) is 18.6. The van der Waals surface area contributed by atoms with E-state index in [9.17, 15) is 5.26 Å². The predicted molar refractivity (Wildman–Crippen MR) is 121 cm³/mol. The minimum absolute atomic E-state index is 0.0464. The van der Waals surface area contributed by atoms with Crippen molar-refractivity contribution < 1.29 is 14.2 Å². The summed E-state index contributed by atoms with van der Waals surface area (Å²) in [5, 5.41) is 17.3. The molecular weight excluding hydrogens is 404 g/mol. The Morgan fingerprint density at radius 3 is 2.47 bits per heavy atom. The molecule has 7 nitrogen and oxygen atoms in total. The molecule has 3 aromatic rings. The number of fused-ring (bicyclic) bond motifs is 1. The van der Waals surface area contributed by atoms with Crippen molar-refractivity contribution in [1.82, 2.24) is 10.2 Å². The van der Waals surface area contributed by atoms with Crippen molar-refractivity contribution >= 4 is 0 Å². The van der Waals surface area contributed by atoms with Gasteiger partial charge in [0, 0.05) is 5.56 Å². The molecule has 4 rings (SSSR count). The molecule has 0 spiro atoms. The Balaban J connectivity index is 1.84. The maximum absolute atomic E-state index is 9.91. The average molecular weight is 431 g/mol. The van der Waals surface area contributed by atoms with Gasteiger partial charge in [0.1, 0.15) is 11.6 Å². The molecule has 0 aliphatic carbocycles. The van der Waals surface area contributed by atoms with Crippen LogP contribution in [-0.4, -0.2) is 24.4 Å². The van der Waals surface area contributed by atoms with E-state index in [0.29, 0.717) is 28.9 Å². The van der Waals surface area contributed by atoms with Crippen molar-refractivity contribution in [2.75, 3.05) is 14.2 Å². The Labute approximate surface area is 187 Å². The highest BCUT2D eigenvalue weighted by atomic mass is 16.5. The molecule has 0 amide bonds. The monoisotopic (exact) mass is 430 g/mol. The summed E-state index contributed by atoms with van der Waals surface area (Å²) in [6, 6.07) is 16.1. The predicted octanol–water partition coefficient (Wildman–Crippen LogP) is 4.51. The fraction of sp³-hybridized carbons (Fsp3) is 0.280. The minimum atomic E-state index is -0.465. The summed E-state index contributed by atoms with van der Waals surface area (Å²) >= 11 is 0. The van der Waals surface area contributed by atoms with Gasteiger partial charge in [-0.2, -0.15) is 5.26 Å². The van der Waals surface area contributed by atoms with E-state index in [0.717, 1.165) is 28.8 Å². The van der Waals surface area contributed by atoms with Crippen LogP contribution >= 0.6 is 0 Å². The average Bonchev–Trinajstić information content (AvgIpc) is 3.21. The molecule has 1 atom stereocenters. The molecule has 1 aliphatic heterocycles. The molecule has 0 bridgehead atoms. The number of allylic oxidation sites excluding steroid dienone is 1. The summed E-state index contributed by atoms with van der Waals surface area (Å²) in [6.07, 6.45) is 1.01. The van der Waals surface area contributed by atoms with E-state index in [1.165, 1.54) is 5.56 Å². The van der Waals surface area contributed by atoms with Gasteiger partial charge < -0.3 is 19.9 Å². The standard InChI is InChI=1S/C25H26N4O3/c1-14(2)11-15-5-7-16(8-6-15)23-22-21(17-9-10-19(30-3)20(12-17)31-4)18(13-26)24(27)32-25(22)29-28-23/h5-10,12,14,21H,11,27H2,1-4H3,(H,28,29)/t21-/m0/s1. The molecule has 2 heterocycles. The summed E-state index contributed by atoms with van der Waals surface area (Å²) in [5.74, 6) is 1.69. The Morgan fingerprint density at radius 1 is 1.12 bits per heavy atom. The lowest BCUT2D eigenvalue weighted by molar-refractivity contribution is 0.354. The Morgan fingerprint density at radius 2 is 1.84 bits per heavy atom. The third-order valence-corrected chi connectivity index (χ3v) is 5.57. The van der Waals surface area contributed by atoms with Gasteiger partial charge in [0.15, 0.2) is 11.5 Å². The van der Waals surface area contributed by atoms with E-state index in [1.54, 1.807) is 14.2 Å². The highest BCUT2D eigenvalue weighted by Crippen LogP contribution is 2.47. The lowest BCUT2D eigenvalue weighted by Crippen LogP contribution is -2.21. The SMILES string of the molecule is COc1ccc([C@H]2C(C#N)=C(N)Oc3n[nH]c(-c4ccc(CC(C)C)cc4)c32)cc1OC. The van der Waals surface area contributed by atoms with Crippen LogP contribution in [0.4, 0.5) is 0 Å². The molecule has 1 aromatic heterocycles. The second kappa shape index (κ2) is 8.67. The number of hydrogen-bond acceptors (Lipinski definition) is 6. The van der Waals surface area contributed by atoms with Crippen LogP contribution in [0.3, 0.4) is 0 Å². The highest BCUT2D eigenvalue weighted by Gasteiger charge is 2.36. The third-order valence-electron chi connectivity index (χ3n) is 5.57. The maximum Gasteiger partial charge on any atom is 0.244 e. The quantitative estimate of drug-likeness (QED) is 0.596. The normalized spacial score (nSPS) is 15.2. The number of nitrogens with two attached hydrogens (primary N) is 1. The number of nitriles is 1. The van der Waals surface area contributed by atoms with E-state index in [-0.39, 0.29) is 5.88 Å². The molecule has 164 valence electrons. The zero-order valence-electron chi connectivity index (χ0n) is 18.6. The minimum Gasteiger partial charge on any atom is -0.493 e. The van der Waals surface area contributed by atoms with Crippen LogP contribution in [0, 0.1) is 17.2 Å². The number of hydrogen-bond donors (Lipinski definition) is 2. The lowest BCUT2D eigenvalue weighted by Gasteiger charge is -2.24. The molecule has 0 unspecified atom stereocenters. The highest BCUT2D eigenvalue weighted by molar-refractivity contribution is 5.71. The van der Waals surface area contributed by atoms with Crippen LogP contribution < -0.4 is 19.9 Å². The number of aromatic amines is 1. The van der Waals surface area contributed by atoms with Crippen LogP contribution in [0.25, 0.3) is 11.3 Å². The summed E-state index contributed by atoms with van der Waals surface area (Å²) in [6.45, 7) is 4.40. The van der Waals surface area contributed by atoms with E-state index >= 15 is 0 Å². The van der Waals surface area contributed by atoms with Crippen molar-refractivity contribution in [3.8, 4) is 34.7 Å². The first-order valence-electron chi connectivity index (χ1n) is 10.4. The van der Waals surface area contributed by atoms with Gasteiger partial charge in [0.2, 0.25) is 11.8 Å². The lowest BCUT2D eigenvalue weighted by atomic mass is 9.83. The first-order valence-corrected chi connectivity index (χ1v) is 10.4. The number of methoxy groups -OCH3 is 2. The number of nitrogens with zero attached hydrogens (tertiary/aromatic N) is 2. The summed E-state index contributed by atoms with van der Waals surface area (Å²) < 4.78 is 16.6. The van der Waals surface area contributed by atoms with Crippen LogP contribution in [0.1, 0.15) is 36.5 Å². The molecule has 3 N–H and O–H groups in total. The van der Waals surface area contributed by atoms with Gasteiger partial charge in [-0.1, -0.05) is 44.2 Å². The van der Waals surface area contributed by atoms with Gasteiger partial charge in [0.05, 0.1) is 31.4 Å². The van der Waals surface area contributed by atoms with Crippen molar-refractivity contribution in [3.05, 3.63) is 70.6 Å². The summed E-state index contributed by atoms with van der Waals surface area (Å²) in [7, 11) is 3.16. The fourth-order valence-corrected chi connectivity index (χ4v) is 4.11. The number of ether oxygens (including phenoxy) is 3. The van der Waals surface area contributed by atoms with Crippen LogP contribution in [0.2, 0.25) is 0 Å². The van der Waals surface area contributed by atoms with Crippen molar-refractivity contribution in [2.24, 2.45) is 11.7 Å². The Kier molecular flexibility index (Phi) is 5.78. The molecule has 0 fully saturated rings. The topological polar surface area (TPSA) is 106 Å².